The molecule has 118 valence electrons. The van der Waals surface area contributed by atoms with Gasteiger partial charge in [-0.25, -0.2) is 0 Å². The van der Waals surface area contributed by atoms with Gasteiger partial charge in [-0.3, -0.25) is 9.79 Å². The Morgan fingerprint density at radius 2 is 2.27 bits per heavy atom. The number of aromatic amines is 1. The molecule has 5 nitrogen and oxygen atoms in total. The van der Waals surface area contributed by atoms with Gasteiger partial charge in [-0.05, 0) is 45.0 Å². The van der Waals surface area contributed by atoms with Crippen molar-refractivity contribution in [3.05, 3.63) is 43.3 Å². The number of carbonyl (C=O) groups excluding carboxylic acids is 1. The number of anilines is 1. The van der Waals surface area contributed by atoms with Gasteiger partial charge >= 0.3 is 0 Å². The van der Waals surface area contributed by atoms with Crippen LogP contribution in [0, 0.1) is 0 Å². The number of piperidine rings is 1. The first-order valence-corrected chi connectivity index (χ1v) is 7.59. The average molecular weight is 300 g/mol. The minimum Gasteiger partial charge on any atom is -0.348 e. The third-order valence-corrected chi connectivity index (χ3v) is 4.07. The van der Waals surface area contributed by atoms with Crippen LogP contribution in [0.1, 0.15) is 32.3 Å². The Morgan fingerprint density at radius 3 is 2.95 bits per heavy atom. The van der Waals surface area contributed by atoms with Crippen LogP contribution in [0.3, 0.4) is 0 Å². The van der Waals surface area contributed by atoms with Crippen LogP contribution in [0.25, 0.3) is 0 Å². The first-order chi connectivity index (χ1) is 10.6. The normalized spacial score (nSPS) is 22.3. The predicted octanol–water partition coefficient (Wildman–Crippen LogP) is 2.94. The first kappa shape index (κ1) is 16.1. The van der Waals surface area contributed by atoms with Gasteiger partial charge in [0.1, 0.15) is 5.82 Å². The monoisotopic (exact) mass is 300 g/mol. The van der Waals surface area contributed by atoms with Crippen LogP contribution >= 0.6 is 0 Å². The molecule has 1 fully saturated rings. The van der Waals surface area contributed by atoms with Crippen LogP contribution in [0.15, 0.2) is 42.7 Å². The molecule has 5 heteroatoms. The molecule has 0 saturated carbocycles. The number of carbonyl (C=O) groups is 1. The Bertz CT molecular complexity index is 587. The van der Waals surface area contributed by atoms with Crippen LogP contribution in [0.5, 0.6) is 0 Å². The number of nitrogens with one attached hydrogen (secondary N) is 2. The van der Waals surface area contributed by atoms with Gasteiger partial charge in [0.05, 0.1) is 6.04 Å². The summed E-state index contributed by atoms with van der Waals surface area (Å²) in [5, 5.41) is 3.07. The molecule has 0 bridgehead atoms. The molecule has 22 heavy (non-hydrogen) atoms. The summed E-state index contributed by atoms with van der Waals surface area (Å²) in [7, 11) is 0. The topological polar surface area (TPSA) is 60.5 Å². The molecule has 1 aromatic heterocycles. The van der Waals surface area contributed by atoms with E-state index in [4.69, 9.17) is 4.99 Å². The number of hydrogen-bond donors (Lipinski definition) is 2. The van der Waals surface area contributed by atoms with Crippen LogP contribution in [-0.2, 0) is 4.79 Å². The Kier molecular flexibility index (Phi) is 5.20. The van der Waals surface area contributed by atoms with E-state index in [0.29, 0.717) is 6.54 Å². The summed E-state index contributed by atoms with van der Waals surface area (Å²) in [5.74, 6) is 0.875. The van der Waals surface area contributed by atoms with E-state index in [-0.39, 0.29) is 18.0 Å². The Morgan fingerprint density at radius 1 is 1.50 bits per heavy atom. The minimum atomic E-state index is -0.0132. The largest absolute Gasteiger partial charge is 0.348 e. The second-order valence-corrected chi connectivity index (χ2v) is 5.60. The van der Waals surface area contributed by atoms with Gasteiger partial charge in [0.25, 0.3) is 0 Å². The highest BCUT2D eigenvalue weighted by molar-refractivity contribution is 6.03. The lowest BCUT2D eigenvalue weighted by atomic mass is 9.99. The lowest BCUT2D eigenvalue weighted by Crippen LogP contribution is -2.46. The van der Waals surface area contributed by atoms with Crippen LogP contribution in [0.4, 0.5) is 5.82 Å². The number of nitrogens with zero attached hydrogens (tertiary/aromatic N) is 2. The SMILES string of the molecule is C=CNc1[nH]ccc1C(C)=NC1CCC(C)N(C(=O)C=C)C1. The van der Waals surface area contributed by atoms with E-state index >= 15 is 0 Å². The molecule has 1 saturated heterocycles. The molecule has 1 aliphatic rings. The van der Waals surface area contributed by atoms with Gasteiger partial charge in [0.15, 0.2) is 0 Å². The lowest BCUT2D eigenvalue weighted by Gasteiger charge is -2.36. The summed E-state index contributed by atoms with van der Waals surface area (Å²) in [6.07, 6.45) is 6.85. The zero-order valence-corrected chi connectivity index (χ0v) is 13.3. The van der Waals surface area contributed by atoms with Gasteiger partial charge in [-0.2, -0.15) is 0 Å². The second-order valence-electron chi connectivity index (χ2n) is 5.60. The fraction of sp³-hybridized carbons (Fsp3) is 0.412. The first-order valence-electron chi connectivity index (χ1n) is 7.59. The predicted molar refractivity (Wildman–Crippen MR) is 91.2 cm³/mol. The van der Waals surface area contributed by atoms with Crippen LogP contribution in [-0.4, -0.2) is 40.1 Å². The highest BCUT2D eigenvalue weighted by atomic mass is 16.2. The van der Waals surface area contributed by atoms with Crippen molar-refractivity contribution in [1.29, 1.82) is 0 Å². The number of likely N-dealkylation sites (tertiary alicyclic amines) is 1. The molecule has 1 amide bonds. The molecule has 0 radical (unpaired) electrons. The van der Waals surface area contributed by atoms with Crippen molar-refractivity contribution in [3.63, 3.8) is 0 Å². The van der Waals surface area contributed by atoms with E-state index in [1.165, 1.54) is 6.08 Å². The van der Waals surface area contributed by atoms with Crippen molar-refractivity contribution in [2.24, 2.45) is 4.99 Å². The molecule has 1 aromatic rings. The van der Waals surface area contributed by atoms with Gasteiger partial charge in [0.2, 0.25) is 5.91 Å². The van der Waals surface area contributed by atoms with Crippen molar-refractivity contribution in [2.45, 2.75) is 38.8 Å². The molecule has 2 unspecified atom stereocenters. The molecule has 1 aliphatic heterocycles. The molecular formula is C17H24N4O. The summed E-state index contributed by atoms with van der Waals surface area (Å²) in [5.41, 5.74) is 1.98. The molecule has 2 N–H and O–H groups in total. The maximum Gasteiger partial charge on any atom is 0.246 e. The fourth-order valence-corrected chi connectivity index (χ4v) is 2.85. The van der Waals surface area contributed by atoms with Crippen LogP contribution < -0.4 is 5.32 Å². The standard InChI is InChI=1S/C17H24N4O/c1-5-16(22)21-11-14(8-7-12(21)3)20-13(4)15-9-10-19-17(15)18-6-2/h5-6,9-10,12,14,18-19H,1-2,7-8,11H2,3-4H3. The quantitative estimate of drug-likeness (QED) is 0.649. The van der Waals surface area contributed by atoms with Gasteiger partial charge in [-0.15, -0.1) is 0 Å². The maximum absolute atomic E-state index is 11.9. The van der Waals surface area contributed by atoms with E-state index < -0.39 is 0 Å². The molecule has 2 atom stereocenters. The van der Waals surface area contributed by atoms with Gasteiger partial charge < -0.3 is 15.2 Å². The Balaban J connectivity index is 2.14. The van der Waals surface area contributed by atoms with E-state index in [2.05, 4.69) is 30.4 Å². The van der Waals surface area contributed by atoms with Gasteiger partial charge in [-0.1, -0.05) is 13.2 Å². The summed E-state index contributed by atoms with van der Waals surface area (Å²) in [4.78, 5) is 21.7. The van der Waals surface area contributed by atoms with Gasteiger partial charge in [0, 0.05) is 30.1 Å². The molecule has 0 spiro atoms. The number of hydrogen-bond acceptors (Lipinski definition) is 3. The van der Waals surface area contributed by atoms with E-state index in [1.54, 1.807) is 6.20 Å². The zero-order chi connectivity index (χ0) is 16.1. The Hall–Kier alpha value is -2.30. The molecule has 0 aliphatic carbocycles. The highest BCUT2D eigenvalue weighted by Gasteiger charge is 2.27. The molecule has 0 aromatic carbocycles. The summed E-state index contributed by atoms with van der Waals surface area (Å²) in [6.45, 7) is 12.0. The number of H-pyrrole nitrogens is 1. The number of aromatic nitrogens is 1. The Labute approximate surface area is 131 Å². The third kappa shape index (κ3) is 3.47. The second kappa shape index (κ2) is 7.11. The number of aliphatic imine (C=N–C) groups is 1. The summed E-state index contributed by atoms with van der Waals surface area (Å²) >= 11 is 0. The number of amides is 1. The van der Waals surface area contributed by atoms with Crippen molar-refractivity contribution >= 4 is 17.4 Å². The minimum absolute atomic E-state index is 0.0132. The van der Waals surface area contributed by atoms with Crippen molar-refractivity contribution in [1.82, 2.24) is 9.88 Å². The summed E-state index contributed by atoms with van der Waals surface area (Å²) in [6, 6.07) is 2.37. The average Bonchev–Trinajstić information content (AvgIpc) is 2.97. The molecular weight excluding hydrogens is 276 g/mol. The number of rotatable bonds is 5. The van der Waals surface area contributed by atoms with Crippen molar-refractivity contribution in [2.75, 3.05) is 11.9 Å². The van der Waals surface area contributed by atoms with E-state index in [0.717, 1.165) is 29.9 Å². The molecule has 2 heterocycles. The summed E-state index contributed by atoms with van der Waals surface area (Å²) < 4.78 is 0. The zero-order valence-electron chi connectivity index (χ0n) is 13.3. The third-order valence-electron chi connectivity index (χ3n) is 4.07. The van der Waals surface area contributed by atoms with E-state index in [9.17, 15) is 4.79 Å². The van der Waals surface area contributed by atoms with Crippen molar-refractivity contribution < 1.29 is 4.79 Å². The van der Waals surface area contributed by atoms with Crippen LogP contribution in [0.2, 0.25) is 0 Å². The fourth-order valence-electron chi connectivity index (χ4n) is 2.85. The molecule has 2 rings (SSSR count). The highest BCUT2D eigenvalue weighted by Crippen LogP contribution is 2.22. The lowest BCUT2D eigenvalue weighted by molar-refractivity contribution is -0.129. The van der Waals surface area contributed by atoms with E-state index in [1.807, 2.05) is 24.1 Å². The van der Waals surface area contributed by atoms with Crippen molar-refractivity contribution in [3.8, 4) is 0 Å². The smallest absolute Gasteiger partial charge is 0.246 e. The maximum atomic E-state index is 11.9.